The van der Waals surface area contributed by atoms with Gasteiger partial charge in [0.05, 0.1) is 12.1 Å². The van der Waals surface area contributed by atoms with Gasteiger partial charge in [-0.2, -0.15) is 0 Å². The Morgan fingerprint density at radius 3 is 2.55 bits per heavy atom. The van der Waals surface area contributed by atoms with Crippen molar-refractivity contribution >= 4 is 5.91 Å². The normalized spacial score (nSPS) is 13.6. The molecule has 0 atom stereocenters. The van der Waals surface area contributed by atoms with Gasteiger partial charge < -0.3 is 14.4 Å². The number of amides is 1. The first-order valence-electron chi connectivity index (χ1n) is 14.3. The van der Waals surface area contributed by atoms with Crippen LogP contribution >= 0.6 is 0 Å². The molecule has 3 heterocycles. The average Bonchev–Trinajstić information content (AvgIpc) is 3.35. The maximum atomic E-state index is 13.4. The van der Waals surface area contributed by atoms with E-state index in [1.165, 1.54) is 63.0 Å². The molecule has 204 valence electrons. The van der Waals surface area contributed by atoms with Crippen LogP contribution in [0.2, 0.25) is 0 Å². The Balaban J connectivity index is 1.35. The topological polar surface area (TPSA) is 57.5 Å². The predicted octanol–water partition coefficient (Wildman–Crippen LogP) is 4.92. The molecule has 4 rings (SSSR count). The number of aromatic nitrogens is 3. The third-order valence-corrected chi connectivity index (χ3v) is 7.46. The Hall–Kier alpha value is -3.03. The number of rotatable bonds is 14. The molecule has 1 amide bonds. The van der Waals surface area contributed by atoms with Crippen molar-refractivity contribution in [2.24, 2.45) is 7.05 Å². The van der Waals surface area contributed by atoms with E-state index in [0.717, 1.165) is 30.9 Å². The number of nitrogens with zero attached hydrogens (tertiary/aromatic N) is 6. The molecule has 0 saturated heterocycles. The summed E-state index contributed by atoms with van der Waals surface area (Å²) in [6.45, 7) is 12.5. The number of carbonyl (C=O) groups is 1. The molecule has 38 heavy (non-hydrogen) atoms. The van der Waals surface area contributed by atoms with Crippen LogP contribution in [0, 0.1) is 0 Å². The summed E-state index contributed by atoms with van der Waals surface area (Å²) in [7, 11) is 1.96. The Labute approximate surface area is 228 Å². The molecule has 0 fully saturated rings. The molecule has 0 spiro atoms. The molecule has 7 heteroatoms. The standard InChI is InChI=1S/C31H44N6O/c1-4-15-35(16-5-2)17-6-7-18-36-19-12-27-21-26(10-11-29(27)24-36)23-37(25-30-33-14-20-34(30)3)31(38)28-9-8-13-32-22-28/h8-11,13-14,20-22H,4-7,12,15-19,23-25H2,1-3H3. The smallest absolute Gasteiger partial charge is 0.256 e. The van der Waals surface area contributed by atoms with E-state index < -0.39 is 0 Å². The number of aryl methyl sites for hydroxylation is 1. The summed E-state index contributed by atoms with van der Waals surface area (Å²) in [5.74, 6) is 0.838. The molecule has 0 bridgehead atoms. The van der Waals surface area contributed by atoms with Crippen LogP contribution in [-0.2, 0) is 33.1 Å². The lowest BCUT2D eigenvalue weighted by Crippen LogP contribution is -2.33. The van der Waals surface area contributed by atoms with Crippen molar-refractivity contribution in [2.45, 2.75) is 65.6 Å². The van der Waals surface area contributed by atoms with Gasteiger partial charge in [-0.3, -0.25) is 14.7 Å². The molecular formula is C31H44N6O. The highest BCUT2D eigenvalue weighted by Gasteiger charge is 2.21. The number of fused-ring (bicyclic) bond motifs is 1. The summed E-state index contributed by atoms with van der Waals surface area (Å²) < 4.78 is 1.97. The van der Waals surface area contributed by atoms with Crippen LogP contribution in [0.25, 0.3) is 0 Å². The van der Waals surface area contributed by atoms with Gasteiger partial charge in [-0.1, -0.05) is 32.0 Å². The summed E-state index contributed by atoms with van der Waals surface area (Å²) in [6, 6.07) is 10.4. The lowest BCUT2D eigenvalue weighted by molar-refractivity contribution is 0.0723. The minimum Gasteiger partial charge on any atom is -0.337 e. The van der Waals surface area contributed by atoms with Gasteiger partial charge >= 0.3 is 0 Å². The number of imidazole rings is 1. The van der Waals surface area contributed by atoms with Crippen LogP contribution < -0.4 is 0 Å². The lowest BCUT2D eigenvalue weighted by Gasteiger charge is -2.30. The van der Waals surface area contributed by atoms with Crippen LogP contribution in [-0.4, -0.2) is 67.9 Å². The minimum absolute atomic E-state index is 0.0264. The zero-order valence-corrected chi connectivity index (χ0v) is 23.5. The van der Waals surface area contributed by atoms with Gasteiger partial charge in [-0.25, -0.2) is 4.98 Å². The van der Waals surface area contributed by atoms with Gasteiger partial charge in [0.1, 0.15) is 5.82 Å². The first kappa shape index (κ1) is 28.0. The third-order valence-electron chi connectivity index (χ3n) is 7.46. The van der Waals surface area contributed by atoms with E-state index in [9.17, 15) is 4.79 Å². The van der Waals surface area contributed by atoms with Gasteiger partial charge in [0.25, 0.3) is 5.91 Å². The fourth-order valence-electron chi connectivity index (χ4n) is 5.40. The van der Waals surface area contributed by atoms with Crippen LogP contribution in [0.4, 0.5) is 0 Å². The van der Waals surface area contributed by atoms with Gasteiger partial charge in [-0.05, 0) is 87.1 Å². The van der Waals surface area contributed by atoms with Crippen molar-refractivity contribution in [1.29, 1.82) is 0 Å². The van der Waals surface area contributed by atoms with Crippen LogP contribution in [0.15, 0.2) is 55.1 Å². The van der Waals surface area contributed by atoms with E-state index in [0.29, 0.717) is 18.7 Å². The second-order valence-electron chi connectivity index (χ2n) is 10.5. The van der Waals surface area contributed by atoms with Gasteiger partial charge in [-0.15, -0.1) is 0 Å². The molecule has 3 aromatic rings. The summed E-state index contributed by atoms with van der Waals surface area (Å²) >= 11 is 0. The average molecular weight is 517 g/mol. The van der Waals surface area contributed by atoms with E-state index in [2.05, 4.69) is 51.8 Å². The second-order valence-corrected chi connectivity index (χ2v) is 10.5. The molecule has 0 radical (unpaired) electrons. The van der Waals surface area contributed by atoms with Gasteiger partial charge in [0.15, 0.2) is 0 Å². The maximum Gasteiger partial charge on any atom is 0.256 e. The Bertz CT molecular complexity index is 1140. The number of pyridine rings is 1. The first-order valence-corrected chi connectivity index (χ1v) is 14.3. The quantitative estimate of drug-likeness (QED) is 0.285. The monoisotopic (exact) mass is 516 g/mol. The zero-order chi connectivity index (χ0) is 26.7. The molecule has 0 saturated carbocycles. The maximum absolute atomic E-state index is 13.4. The molecule has 0 unspecified atom stereocenters. The third kappa shape index (κ3) is 7.74. The van der Waals surface area contributed by atoms with Gasteiger partial charge in [0.2, 0.25) is 0 Å². The van der Waals surface area contributed by atoms with E-state index in [1.807, 2.05) is 34.8 Å². The Kier molecular flexibility index (Phi) is 10.5. The summed E-state index contributed by atoms with van der Waals surface area (Å²) in [5, 5.41) is 0. The minimum atomic E-state index is -0.0264. The van der Waals surface area contributed by atoms with Gasteiger partial charge in [0, 0.05) is 51.5 Å². The van der Waals surface area contributed by atoms with E-state index >= 15 is 0 Å². The molecule has 0 N–H and O–H groups in total. The van der Waals surface area contributed by atoms with Crippen molar-refractivity contribution in [3.63, 3.8) is 0 Å². The highest BCUT2D eigenvalue weighted by molar-refractivity contribution is 5.93. The van der Waals surface area contributed by atoms with Crippen molar-refractivity contribution in [3.8, 4) is 0 Å². The summed E-state index contributed by atoms with van der Waals surface area (Å²) in [4.78, 5) is 29.1. The van der Waals surface area contributed by atoms with Crippen molar-refractivity contribution in [2.75, 3.05) is 32.7 Å². The number of hydrogen-bond donors (Lipinski definition) is 0. The second kappa shape index (κ2) is 14.2. The molecule has 1 aliphatic heterocycles. The summed E-state index contributed by atoms with van der Waals surface area (Å²) in [6.07, 6.45) is 13.1. The molecule has 2 aromatic heterocycles. The number of hydrogen-bond acceptors (Lipinski definition) is 5. The first-order chi connectivity index (χ1) is 18.6. The fourth-order valence-corrected chi connectivity index (χ4v) is 5.40. The van der Waals surface area contributed by atoms with Crippen LogP contribution in [0.5, 0.6) is 0 Å². The molecule has 1 aliphatic rings. The molecule has 7 nitrogen and oxygen atoms in total. The SMILES string of the molecule is CCCN(CCC)CCCCN1CCc2cc(CN(Cc3nccn3C)C(=O)c3cccnc3)ccc2C1. The fraction of sp³-hybridized carbons (Fsp3) is 0.516. The van der Waals surface area contributed by atoms with Crippen molar-refractivity contribution in [3.05, 3.63) is 83.2 Å². The van der Waals surface area contributed by atoms with Crippen LogP contribution in [0.1, 0.15) is 72.4 Å². The molecule has 1 aromatic carbocycles. The van der Waals surface area contributed by atoms with E-state index in [-0.39, 0.29) is 5.91 Å². The zero-order valence-electron chi connectivity index (χ0n) is 23.5. The van der Waals surface area contributed by atoms with E-state index in [4.69, 9.17) is 0 Å². The highest BCUT2D eigenvalue weighted by atomic mass is 16.2. The number of carbonyl (C=O) groups excluding carboxylic acids is 1. The predicted molar refractivity (Wildman–Crippen MR) is 153 cm³/mol. The Morgan fingerprint density at radius 2 is 1.84 bits per heavy atom. The lowest BCUT2D eigenvalue weighted by atomic mass is 9.96. The van der Waals surface area contributed by atoms with Crippen molar-refractivity contribution < 1.29 is 4.79 Å². The molecular weight excluding hydrogens is 472 g/mol. The highest BCUT2D eigenvalue weighted by Crippen LogP contribution is 2.22. The Morgan fingerprint density at radius 1 is 1.00 bits per heavy atom. The summed E-state index contributed by atoms with van der Waals surface area (Å²) in [5.41, 5.74) is 4.60. The van der Waals surface area contributed by atoms with E-state index in [1.54, 1.807) is 18.6 Å². The number of unbranched alkanes of at least 4 members (excludes halogenated alkanes) is 1. The number of benzene rings is 1. The van der Waals surface area contributed by atoms with Crippen LogP contribution in [0.3, 0.4) is 0 Å². The van der Waals surface area contributed by atoms with Crippen molar-refractivity contribution in [1.82, 2.24) is 29.2 Å². The largest absolute Gasteiger partial charge is 0.337 e. The molecule has 0 aliphatic carbocycles.